The largest absolute Gasteiger partial charge is 0.387 e. The third-order valence-corrected chi connectivity index (χ3v) is 5.10. The lowest BCUT2D eigenvalue weighted by Crippen LogP contribution is -2.29. The Morgan fingerprint density at radius 2 is 1.57 bits per heavy atom. The maximum atomic E-state index is 9.54. The van der Waals surface area contributed by atoms with Gasteiger partial charge in [0.2, 0.25) is 0 Å². The van der Waals surface area contributed by atoms with Crippen LogP contribution in [0.1, 0.15) is 27.7 Å². The molecule has 0 aliphatic carbocycles. The van der Waals surface area contributed by atoms with Crippen molar-refractivity contribution in [1.82, 2.24) is 0 Å². The first kappa shape index (κ1) is 22.7. The number of fused-ring (bicyclic) bond motifs is 1. The highest BCUT2D eigenvalue weighted by Gasteiger charge is 2.52. The molecule has 3 saturated heterocycles. The van der Waals surface area contributed by atoms with E-state index in [1.54, 1.807) is 0 Å². The lowest BCUT2D eigenvalue weighted by Gasteiger charge is -2.22. The zero-order chi connectivity index (χ0) is 20.9. The van der Waals surface area contributed by atoms with E-state index in [0.29, 0.717) is 6.54 Å². The summed E-state index contributed by atoms with van der Waals surface area (Å²) in [5.41, 5.74) is 16.4. The van der Waals surface area contributed by atoms with Crippen LogP contribution in [0.4, 0.5) is 0 Å². The van der Waals surface area contributed by atoms with Gasteiger partial charge in [0, 0.05) is 28.8 Å². The Morgan fingerprint density at radius 3 is 2.04 bits per heavy atom. The minimum atomic E-state index is -0.649. The van der Waals surface area contributed by atoms with E-state index >= 15 is 0 Å². The second-order valence-electron chi connectivity index (χ2n) is 7.46. The van der Waals surface area contributed by atoms with Gasteiger partial charge in [0.15, 0.2) is 18.4 Å². The maximum Gasteiger partial charge on any atom is 0.187 e. The fraction of sp³-hybridized carbons (Fsp3) is 1.00. The molecule has 3 aliphatic rings. The Bertz CT molecular complexity index is 623. The van der Waals surface area contributed by atoms with Crippen LogP contribution in [-0.2, 0) is 23.7 Å². The number of aliphatic hydroxyl groups excluding tert-OH is 1. The molecule has 0 spiro atoms. The summed E-state index contributed by atoms with van der Waals surface area (Å²) in [4.78, 5) is 5.35. The molecule has 0 bridgehead atoms. The van der Waals surface area contributed by atoms with Crippen LogP contribution in [0.3, 0.4) is 0 Å². The minimum Gasteiger partial charge on any atom is -0.387 e. The van der Waals surface area contributed by atoms with Crippen molar-refractivity contribution in [2.45, 2.75) is 70.5 Å². The fourth-order valence-electron chi connectivity index (χ4n) is 3.42. The molecule has 3 heterocycles. The Balaban J connectivity index is 0.000000203. The molecule has 28 heavy (non-hydrogen) atoms. The zero-order valence-electron chi connectivity index (χ0n) is 16.7. The van der Waals surface area contributed by atoms with Gasteiger partial charge in [-0.2, -0.15) is 0 Å². The monoisotopic (exact) mass is 400 g/mol. The van der Waals surface area contributed by atoms with Crippen molar-refractivity contribution in [1.29, 1.82) is 0 Å². The van der Waals surface area contributed by atoms with Gasteiger partial charge in [0.1, 0.15) is 12.2 Å². The predicted octanol–water partition coefficient (Wildman–Crippen LogP) is 2.47. The van der Waals surface area contributed by atoms with Gasteiger partial charge < -0.3 is 28.8 Å². The van der Waals surface area contributed by atoms with Crippen LogP contribution in [0.15, 0.2) is 10.2 Å². The SMILES string of the molecule is COC1O[C@H](CN=[N+]=[N-])[C@H](C)[C@H]1O.C[C@@H]1[C@H]2OC(C)(C)O[C@H]2O[C@@H]1CN=[N+]=[N-]. The molecular formula is C16H28N6O6. The molecule has 12 heteroatoms. The summed E-state index contributed by atoms with van der Waals surface area (Å²) in [6.45, 7) is 8.15. The Kier molecular flexibility index (Phi) is 7.87. The molecule has 1 unspecified atom stereocenters. The van der Waals surface area contributed by atoms with Crippen LogP contribution in [0.25, 0.3) is 20.9 Å². The van der Waals surface area contributed by atoms with Crippen LogP contribution >= 0.6 is 0 Å². The fourth-order valence-corrected chi connectivity index (χ4v) is 3.42. The van der Waals surface area contributed by atoms with E-state index in [2.05, 4.69) is 20.1 Å². The molecule has 8 atom stereocenters. The first-order chi connectivity index (χ1) is 13.2. The first-order valence-electron chi connectivity index (χ1n) is 9.13. The third kappa shape index (κ3) is 5.25. The standard InChI is InChI=1S/C9H15N3O3.C7H13N3O3/c1-5-6(4-11-12-10)13-8-7(5)14-9(2,3)15-8;1-4-5(3-9-10-8)13-7(12-2)6(4)11/h5-8H,4H2,1-3H3;4-7,11H,3H2,1-2H3/t5-,6+,7+,8+;4-,5+,6+,7?/m00/s1. The quantitative estimate of drug-likeness (QED) is 0.423. The molecule has 158 valence electrons. The molecule has 3 aliphatic heterocycles. The smallest absolute Gasteiger partial charge is 0.187 e. The topological polar surface area (TPSA) is 164 Å². The second-order valence-corrected chi connectivity index (χ2v) is 7.46. The Hall–Kier alpha value is -1.62. The Labute approximate surface area is 163 Å². The molecular weight excluding hydrogens is 372 g/mol. The second kappa shape index (κ2) is 9.73. The third-order valence-electron chi connectivity index (χ3n) is 5.10. The highest BCUT2D eigenvalue weighted by molar-refractivity contribution is 4.91. The lowest BCUT2D eigenvalue weighted by atomic mass is 10.0. The highest BCUT2D eigenvalue weighted by Crippen LogP contribution is 2.40. The summed E-state index contributed by atoms with van der Waals surface area (Å²) in [5, 5.41) is 16.5. The van der Waals surface area contributed by atoms with E-state index in [1.165, 1.54) is 7.11 Å². The van der Waals surface area contributed by atoms with Gasteiger partial charge in [-0.05, 0) is 24.9 Å². The molecule has 3 fully saturated rings. The van der Waals surface area contributed by atoms with Crippen molar-refractivity contribution in [3.05, 3.63) is 20.9 Å². The van der Waals surface area contributed by atoms with Crippen LogP contribution in [0, 0.1) is 11.8 Å². The van der Waals surface area contributed by atoms with Gasteiger partial charge in [-0.25, -0.2) is 0 Å². The molecule has 0 radical (unpaired) electrons. The average molecular weight is 400 g/mol. The van der Waals surface area contributed by atoms with E-state index < -0.39 is 18.2 Å². The number of ether oxygens (including phenoxy) is 5. The summed E-state index contributed by atoms with van der Waals surface area (Å²) >= 11 is 0. The van der Waals surface area contributed by atoms with Crippen LogP contribution < -0.4 is 0 Å². The van der Waals surface area contributed by atoms with Crippen molar-refractivity contribution in [2.75, 3.05) is 20.2 Å². The van der Waals surface area contributed by atoms with Gasteiger partial charge in [0.25, 0.3) is 0 Å². The van der Waals surface area contributed by atoms with Crippen molar-refractivity contribution in [3.63, 3.8) is 0 Å². The molecule has 3 rings (SSSR count). The number of hydrogen-bond donors (Lipinski definition) is 1. The van der Waals surface area contributed by atoms with E-state index in [9.17, 15) is 5.11 Å². The molecule has 1 N–H and O–H groups in total. The normalized spacial score (nSPS) is 40.6. The van der Waals surface area contributed by atoms with E-state index in [1.807, 2.05) is 27.7 Å². The number of nitrogens with zero attached hydrogens (tertiary/aromatic N) is 6. The van der Waals surface area contributed by atoms with Gasteiger partial charge >= 0.3 is 0 Å². The van der Waals surface area contributed by atoms with E-state index in [-0.39, 0.29) is 43.0 Å². The predicted molar refractivity (Wildman–Crippen MR) is 96.7 cm³/mol. The summed E-state index contributed by atoms with van der Waals surface area (Å²) < 4.78 is 27.1. The van der Waals surface area contributed by atoms with E-state index in [0.717, 1.165) is 0 Å². The molecule has 0 aromatic carbocycles. The van der Waals surface area contributed by atoms with Crippen LogP contribution in [0.5, 0.6) is 0 Å². The zero-order valence-corrected chi connectivity index (χ0v) is 16.7. The number of azide groups is 2. The summed E-state index contributed by atoms with van der Waals surface area (Å²) in [5.74, 6) is -0.467. The van der Waals surface area contributed by atoms with Crippen molar-refractivity contribution in [3.8, 4) is 0 Å². The van der Waals surface area contributed by atoms with Crippen molar-refractivity contribution in [2.24, 2.45) is 22.1 Å². The number of rotatable bonds is 5. The van der Waals surface area contributed by atoms with Gasteiger partial charge in [-0.3, -0.25) is 0 Å². The average Bonchev–Trinajstić information content (AvgIpc) is 3.22. The molecule has 0 aromatic rings. The minimum absolute atomic E-state index is 0.0566. The number of hydrogen-bond acceptors (Lipinski definition) is 8. The molecule has 0 saturated carbocycles. The summed E-state index contributed by atoms with van der Waals surface area (Å²) in [7, 11) is 1.47. The molecule has 0 aromatic heterocycles. The summed E-state index contributed by atoms with van der Waals surface area (Å²) in [6.07, 6.45) is -1.99. The van der Waals surface area contributed by atoms with Crippen LogP contribution in [-0.4, -0.2) is 68.1 Å². The molecule has 0 amide bonds. The van der Waals surface area contributed by atoms with Crippen LogP contribution in [0.2, 0.25) is 0 Å². The van der Waals surface area contributed by atoms with Gasteiger partial charge in [0.05, 0.1) is 25.3 Å². The lowest BCUT2D eigenvalue weighted by molar-refractivity contribution is -0.208. The maximum absolute atomic E-state index is 9.54. The number of aliphatic hydroxyl groups is 1. The molecule has 12 nitrogen and oxygen atoms in total. The van der Waals surface area contributed by atoms with Gasteiger partial charge in [-0.1, -0.05) is 24.1 Å². The first-order valence-corrected chi connectivity index (χ1v) is 9.13. The van der Waals surface area contributed by atoms with E-state index in [4.69, 9.17) is 34.7 Å². The van der Waals surface area contributed by atoms with Crippen molar-refractivity contribution < 1.29 is 28.8 Å². The van der Waals surface area contributed by atoms with Gasteiger partial charge in [-0.15, -0.1) is 0 Å². The van der Waals surface area contributed by atoms with Crippen molar-refractivity contribution >= 4 is 0 Å². The Morgan fingerprint density at radius 1 is 1.00 bits per heavy atom. The highest BCUT2D eigenvalue weighted by atomic mass is 16.8. The number of methoxy groups -OCH3 is 1. The summed E-state index contributed by atoms with van der Waals surface area (Å²) in [6, 6.07) is 0.